The van der Waals surface area contributed by atoms with Crippen LogP contribution in [0.1, 0.15) is 32.1 Å². The van der Waals surface area contributed by atoms with Crippen molar-refractivity contribution in [3.63, 3.8) is 0 Å². The maximum Gasteiger partial charge on any atom is 0.122 e. The molecule has 1 heterocycles. The van der Waals surface area contributed by atoms with Crippen molar-refractivity contribution in [2.45, 2.75) is 39.9 Å². The number of nitrogens with zero attached hydrogens (tertiary/aromatic N) is 1. The smallest absolute Gasteiger partial charge is 0.122 e. The van der Waals surface area contributed by atoms with Crippen molar-refractivity contribution in [3.05, 3.63) is 23.7 Å². The zero-order valence-corrected chi connectivity index (χ0v) is 9.29. The molecule has 0 radical (unpaired) electrons. The van der Waals surface area contributed by atoms with Crippen LogP contribution in [0.3, 0.4) is 0 Å². The molecule has 0 amide bonds. The average Bonchev–Trinajstić information content (AvgIpc) is 2.60. The van der Waals surface area contributed by atoms with E-state index >= 15 is 0 Å². The Labute approximate surface area is 85.9 Å². The summed E-state index contributed by atoms with van der Waals surface area (Å²) < 4.78 is 5.42. The molecule has 3 nitrogen and oxygen atoms in total. The molecule has 0 aliphatic heterocycles. The van der Waals surface area contributed by atoms with Gasteiger partial charge in [-0.3, -0.25) is 4.90 Å². The Kier molecular flexibility index (Phi) is 4.17. The molecule has 0 fully saturated rings. The van der Waals surface area contributed by atoms with Gasteiger partial charge in [0.05, 0.1) is 12.8 Å². The molecule has 0 aromatic carbocycles. The fraction of sp³-hybridized carbons (Fsp3) is 0.636. The van der Waals surface area contributed by atoms with Gasteiger partial charge in [-0.1, -0.05) is 6.92 Å². The highest BCUT2D eigenvalue weighted by Crippen LogP contribution is 2.14. The molecule has 1 rings (SSSR count). The molecular formula is C11H20N2O. The Morgan fingerprint density at radius 3 is 2.71 bits per heavy atom. The molecular weight excluding hydrogens is 176 g/mol. The van der Waals surface area contributed by atoms with Crippen LogP contribution < -0.4 is 5.73 Å². The summed E-state index contributed by atoms with van der Waals surface area (Å²) in [5.74, 6) is 1.00. The normalized spacial score (nSPS) is 11.6. The summed E-state index contributed by atoms with van der Waals surface area (Å²) in [7, 11) is 0. The van der Waals surface area contributed by atoms with Crippen molar-refractivity contribution in [2.24, 2.45) is 5.73 Å². The second kappa shape index (κ2) is 5.17. The van der Waals surface area contributed by atoms with Crippen molar-refractivity contribution < 1.29 is 4.42 Å². The van der Waals surface area contributed by atoms with E-state index in [2.05, 4.69) is 25.7 Å². The third-order valence-electron chi connectivity index (χ3n) is 2.54. The van der Waals surface area contributed by atoms with E-state index in [1.807, 2.05) is 6.07 Å². The van der Waals surface area contributed by atoms with Gasteiger partial charge in [-0.15, -0.1) is 0 Å². The first-order valence-corrected chi connectivity index (χ1v) is 5.18. The third kappa shape index (κ3) is 2.59. The molecule has 0 atom stereocenters. The van der Waals surface area contributed by atoms with Crippen molar-refractivity contribution in [1.29, 1.82) is 0 Å². The van der Waals surface area contributed by atoms with Crippen molar-refractivity contribution in [2.75, 3.05) is 6.54 Å². The molecule has 0 saturated heterocycles. The van der Waals surface area contributed by atoms with Gasteiger partial charge < -0.3 is 10.2 Å². The Morgan fingerprint density at radius 2 is 2.21 bits per heavy atom. The zero-order valence-electron chi connectivity index (χ0n) is 9.29. The topological polar surface area (TPSA) is 42.4 Å². The van der Waals surface area contributed by atoms with Crippen molar-refractivity contribution in [1.82, 2.24) is 4.90 Å². The van der Waals surface area contributed by atoms with E-state index in [1.54, 1.807) is 6.26 Å². The molecule has 1 aromatic heterocycles. The summed E-state index contributed by atoms with van der Waals surface area (Å²) in [6.07, 6.45) is 1.71. The predicted octanol–water partition coefficient (Wildman–Crippen LogP) is 1.97. The molecule has 0 unspecified atom stereocenters. The minimum absolute atomic E-state index is 0.538. The lowest BCUT2D eigenvalue weighted by Crippen LogP contribution is -2.30. The Morgan fingerprint density at radius 1 is 1.50 bits per heavy atom. The molecule has 80 valence electrons. The van der Waals surface area contributed by atoms with Gasteiger partial charge in [-0.2, -0.15) is 0 Å². The first-order valence-electron chi connectivity index (χ1n) is 5.18. The Hall–Kier alpha value is -0.800. The number of nitrogens with two attached hydrogens (primary N) is 1. The van der Waals surface area contributed by atoms with Gasteiger partial charge in [0, 0.05) is 18.2 Å². The van der Waals surface area contributed by atoms with Crippen LogP contribution in [0.5, 0.6) is 0 Å². The standard InChI is InChI=1S/C11H20N2O/c1-4-13(9(2)3)8-11-10(7-12)5-6-14-11/h5-6,9H,4,7-8,12H2,1-3H3. The monoisotopic (exact) mass is 196 g/mol. The third-order valence-corrected chi connectivity index (χ3v) is 2.54. The van der Waals surface area contributed by atoms with Gasteiger partial charge in [0.25, 0.3) is 0 Å². The first kappa shape index (κ1) is 11.3. The number of furan rings is 1. The van der Waals surface area contributed by atoms with Gasteiger partial charge in [-0.25, -0.2) is 0 Å². The van der Waals surface area contributed by atoms with E-state index in [9.17, 15) is 0 Å². The molecule has 3 heteroatoms. The summed E-state index contributed by atoms with van der Waals surface area (Å²) in [6.45, 7) is 8.98. The van der Waals surface area contributed by atoms with Crippen LogP contribution >= 0.6 is 0 Å². The lowest BCUT2D eigenvalue weighted by atomic mass is 10.2. The van der Waals surface area contributed by atoms with Crippen LogP contribution in [0.15, 0.2) is 16.7 Å². The summed E-state index contributed by atoms with van der Waals surface area (Å²) >= 11 is 0. The van der Waals surface area contributed by atoms with E-state index in [0.717, 1.165) is 24.4 Å². The van der Waals surface area contributed by atoms with Crippen LogP contribution in [0.25, 0.3) is 0 Å². The van der Waals surface area contributed by atoms with Crippen molar-refractivity contribution >= 4 is 0 Å². The molecule has 1 aromatic rings. The van der Waals surface area contributed by atoms with Crippen LogP contribution in [-0.4, -0.2) is 17.5 Å². The molecule has 0 spiro atoms. The highest BCUT2D eigenvalue weighted by molar-refractivity contribution is 5.16. The minimum Gasteiger partial charge on any atom is -0.468 e. The predicted molar refractivity (Wildman–Crippen MR) is 57.8 cm³/mol. The SMILES string of the molecule is CCN(Cc1occc1CN)C(C)C. The highest BCUT2D eigenvalue weighted by atomic mass is 16.3. The largest absolute Gasteiger partial charge is 0.468 e. The molecule has 0 aliphatic carbocycles. The van der Waals surface area contributed by atoms with Gasteiger partial charge in [0.1, 0.15) is 5.76 Å². The number of hydrogen-bond acceptors (Lipinski definition) is 3. The van der Waals surface area contributed by atoms with E-state index < -0.39 is 0 Å². The Bertz CT molecular complexity index is 268. The maximum absolute atomic E-state index is 5.61. The quantitative estimate of drug-likeness (QED) is 0.783. The lowest BCUT2D eigenvalue weighted by molar-refractivity contribution is 0.206. The number of rotatable bonds is 5. The van der Waals surface area contributed by atoms with Gasteiger partial charge in [0.15, 0.2) is 0 Å². The number of hydrogen-bond donors (Lipinski definition) is 1. The van der Waals surface area contributed by atoms with E-state index in [1.165, 1.54) is 0 Å². The van der Waals surface area contributed by atoms with Crippen LogP contribution in [0.2, 0.25) is 0 Å². The van der Waals surface area contributed by atoms with E-state index in [4.69, 9.17) is 10.2 Å². The highest BCUT2D eigenvalue weighted by Gasteiger charge is 2.12. The Balaban J connectivity index is 2.66. The first-order chi connectivity index (χ1) is 6.69. The van der Waals surface area contributed by atoms with E-state index in [-0.39, 0.29) is 0 Å². The second-order valence-electron chi connectivity index (χ2n) is 3.73. The molecule has 0 aliphatic rings. The molecule has 14 heavy (non-hydrogen) atoms. The minimum atomic E-state index is 0.538. The zero-order chi connectivity index (χ0) is 10.6. The summed E-state index contributed by atoms with van der Waals surface area (Å²) in [4.78, 5) is 2.35. The van der Waals surface area contributed by atoms with Gasteiger partial charge in [0.2, 0.25) is 0 Å². The fourth-order valence-electron chi connectivity index (χ4n) is 1.53. The van der Waals surface area contributed by atoms with E-state index in [0.29, 0.717) is 12.6 Å². The van der Waals surface area contributed by atoms with Crippen LogP contribution in [-0.2, 0) is 13.1 Å². The van der Waals surface area contributed by atoms with Crippen LogP contribution in [0, 0.1) is 0 Å². The summed E-state index contributed by atoms with van der Waals surface area (Å²) in [5.41, 5.74) is 6.72. The molecule has 2 N–H and O–H groups in total. The van der Waals surface area contributed by atoms with Gasteiger partial charge in [-0.05, 0) is 26.5 Å². The second-order valence-corrected chi connectivity index (χ2v) is 3.73. The van der Waals surface area contributed by atoms with Crippen molar-refractivity contribution in [3.8, 4) is 0 Å². The molecule has 0 bridgehead atoms. The van der Waals surface area contributed by atoms with Gasteiger partial charge >= 0.3 is 0 Å². The van der Waals surface area contributed by atoms with Crippen LogP contribution in [0.4, 0.5) is 0 Å². The lowest BCUT2D eigenvalue weighted by Gasteiger charge is -2.23. The molecule has 0 saturated carbocycles. The maximum atomic E-state index is 5.61. The summed E-state index contributed by atoms with van der Waals surface area (Å²) in [5, 5.41) is 0. The average molecular weight is 196 g/mol. The fourth-order valence-corrected chi connectivity index (χ4v) is 1.53. The summed E-state index contributed by atoms with van der Waals surface area (Å²) in [6, 6.07) is 2.49.